The highest BCUT2D eigenvalue weighted by molar-refractivity contribution is 5.92. The number of benzene rings is 1. The minimum Gasteiger partial charge on any atom is -0.490 e. The molecule has 0 aliphatic carbocycles. The summed E-state index contributed by atoms with van der Waals surface area (Å²) in [5, 5.41) is 8.94. The Morgan fingerprint density at radius 3 is 2.61 bits per heavy atom. The van der Waals surface area contributed by atoms with Crippen LogP contribution in [0.4, 0.5) is 8.78 Å². The normalized spacial score (nSPS) is 11.4. The molecule has 0 spiro atoms. The summed E-state index contributed by atoms with van der Waals surface area (Å²) in [6, 6.07) is 6.69. The van der Waals surface area contributed by atoms with Crippen molar-refractivity contribution < 1.29 is 27.5 Å². The number of guanidine groups is 1. The van der Waals surface area contributed by atoms with Crippen LogP contribution in [-0.2, 0) is 6.54 Å². The summed E-state index contributed by atoms with van der Waals surface area (Å²) >= 11 is 0. The first-order chi connectivity index (χ1) is 15.0. The van der Waals surface area contributed by atoms with E-state index in [2.05, 4.69) is 25.7 Å². The Labute approximate surface area is 180 Å². The molecule has 2 aromatic rings. The molecule has 0 bridgehead atoms. The average molecular weight is 438 g/mol. The van der Waals surface area contributed by atoms with Crippen molar-refractivity contribution in [3.8, 4) is 11.5 Å². The first-order valence-corrected chi connectivity index (χ1v) is 9.92. The number of halogens is 2. The molecule has 1 aromatic carbocycles. The maximum absolute atomic E-state index is 12.8. The van der Waals surface area contributed by atoms with E-state index in [0.29, 0.717) is 43.4 Å². The van der Waals surface area contributed by atoms with Gasteiger partial charge in [-0.25, -0.2) is 0 Å². The van der Waals surface area contributed by atoms with Crippen LogP contribution in [0.5, 0.6) is 11.5 Å². The number of furan rings is 1. The molecular formula is C21H28F2N4O4. The summed E-state index contributed by atoms with van der Waals surface area (Å²) < 4.78 is 40.8. The van der Waals surface area contributed by atoms with Crippen molar-refractivity contribution in [1.82, 2.24) is 16.0 Å². The highest BCUT2D eigenvalue weighted by Crippen LogP contribution is 2.32. The largest absolute Gasteiger partial charge is 0.490 e. The van der Waals surface area contributed by atoms with Crippen LogP contribution in [-0.4, -0.2) is 45.2 Å². The zero-order valence-electron chi connectivity index (χ0n) is 17.8. The minimum atomic E-state index is -2.96. The molecule has 0 radical (unpaired) electrons. The fourth-order valence-corrected chi connectivity index (χ4v) is 2.77. The van der Waals surface area contributed by atoms with Crippen LogP contribution in [0.15, 0.2) is 39.9 Å². The average Bonchev–Trinajstić information content (AvgIpc) is 3.17. The predicted octanol–water partition coefficient (Wildman–Crippen LogP) is 3.07. The van der Waals surface area contributed by atoms with Crippen LogP contribution < -0.4 is 25.4 Å². The standard InChI is InChI=1S/C21H28F2N4O4/c1-4-29-16-8-5-7-15(18(16)31-20(22)23)13-27-21(24-3)26-11-6-10-25-19(28)17-14(2)9-12-30-17/h5,7-9,12,20H,4,6,10-11,13H2,1-3H3,(H,25,28)(H2,24,26,27). The van der Waals surface area contributed by atoms with Crippen molar-refractivity contribution in [2.24, 2.45) is 4.99 Å². The molecule has 31 heavy (non-hydrogen) atoms. The number of rotatable bonds is 11. The van der Waals surface area contributed by atoms with Crippen LogP contribution in [0.1, 0.15) is 35.0 Å². The Balaban J connectivity index is 1.81. The van der Waals surface area contributed by atoms with Gasteiger partial charge in [-0.15, -0.1) is 0 Å². The zero-order chi connectivity index (χ0) is 22.6. The molecule has 0 unspecified atom stereocenters. The van der Waals surface area contributed by atoms with Crippen LogP contribution in [0, 0.1) is 6.92 Å². The molecular weight excluding hydrogens is 410 g/mol. The lowest BCUT2D eigenvalue weighted by Gasteiger charge is -2.17. The lowest BCUT2D eigenvalue weighted by molar-refractivity contribution is -0.0520. The second-order valence-corrected chi connectivity index (χ2v) is 6.45. The Morgan fingerprint density at radius 2 is 1.97 bits per heavy atom. The van der Waals surface area contributed by atoms with Crippen LogP contribution in [0.2, 0.25) is 0 Å². The molecule has 0 atom stereocenters. The molecule has 2 rings (SSSR count). The second kappa shape index (κ2) is 12.4. The number of hydrogen-bond acceptors (Lipinski definition) is 5. The van der Waals surface area contributed by atoms with Gasteiger partial charge in [0.2, 0.25) is 0 Å². The summed E-state index contributed by atoms with van der Waals surface area (Å²) in [6.45, 7) is 2.13. The molecule has 10 heteroatoms. The van der Waals surface area contributed by atoms with Gasteiger partial charge in [-0.05, 0) is 32.4 Å². The van der Waals surface area contributed by atoms with Gasteiger partial charge >= 0.3 is 6.61 Å². The Hall–Kier alpha value is -3.30. The van der Waals surface area contributed by atoms with Crippen molar-refractivity contribution in [2.45, 2.75) is 33.4 Å². The number of nitrogens with zero attached hydrogens (tertiary/aromatic N) is 1. The Morgan fingerprint density at radius 1 is 1.19 bits per heavy atom. The number of alkyl halides is 2. The van der Waals surface area contributed by atoms with E-state index in [4.69, 9.17) is 9.15 Å². The number of ether oxygens (including phenoxy) is 2. The molecule has 170 valence electrons. The number of aryl methyl sites for hydroxylation is 1. The van der Waals surface area contributed by atoms with Gasteiger partial charge in [-0.2, -0.15) is 8.78 Å². The lowest BCUT2D eigenvalue weighted by Crippen LogP contribution is -2.38. The van der Waals surface area contributed by atoms with Crippen molar-refractivity contribution in [3.63, 3.8) is 0 Å². The second-order valence-electron chi connectivity index (χ2n) is 6.45. The first-order valence-electron chi connectivity index (χ1n) is 9.92. The van der Waals surface area contributed by atoms with Gasteiger partial charge in [0.1, 0.15) is 0 Å². The monoisotopic (exact) mass is 438 g/mol. The van der Waals surface area contributed by atoms with E-state index in [1.165, 1.54) is 6.26 Å². The number of carbonyl (C=O) groups is 1. The third kappa shape index (κ3) is 7.47. The number of carbonyl (C=O) groups excluding carboxylic acids is 1. The number of amides is 1. The van der Waals surface area contributed by atoms with E-state index in [9.17, 15) is 13.6 Å². The third-order valence-electron chi connectivity index (χ3n) is 4.24. The number of aliphatic imine (C=N–C) groups is 1. The molecule has 0 saturated carbocycles. The van der Waals surface area contributed by atoms with Gasteiger partial charge in [0.05, 0.1) is 12.9 Å². The topological polar surface area (TPSA) is 97.1 Å². The fourth-order valence-electron chi connectivity index (χ4n) is 2.77. The van der Waals surface area contributed by atoms with E-state index >= 15 is 0 Å². The van der Waals surface area contributed by atoms with Crippen LogP contribution >= 0.6 is 0 Å². The predicted molar refractivity (Wildman–Crippen MR) is 113 cm³/mol. The highest BCUT2D eigenvalue weighted by atomic mass is 19.3. The molecule has 1 heterocycles. The van der Waals surface area contributed by atoms with E-state index in [1.54, 1.807) is 45.2 Å². The number of nitrogens with one attached hydrogen (secondary N) is 3. The fraction of sp³-hybridized carbons (Fsp3) is 0.429. The molecule has 1 aromatic heterocycles. The van der Waals surface area contributed by atoms with E-state index < -0.39 is 6.61 Å². The SMILES string of the molecule is CCOc1cccc(CNC(=NC)NCCCNC(=O)c2occc2C)c1OC(F)F. The van der Waals surface area contributed by atoms with Gasteiger partial charge in [0.25, 0.3) is 5.91 Å². The van der Waals surface area contributed by atoms with Crippen molar-refractivity contribution in [1.29, 1.82) is 0 Å². The molecule has 0 aliphatic rings. The minimum absolute atomic E-state index is 0.00163. The van der Waals surface area contributed by atoms with Crippen LogP contribution in [0.3, 0.4) is 0 Å². The van der Waals surface area contributed by atoms with Crippen LogP contribution in [0.25, 0.3) is 0 Å². The van der Waals surface area contributed by atoms with Gasteiger partial charge in [-0.3, -0.25) is 9.79 Å². The Bertz CT molecular complexity index is 871. The summed E-state index contributed by atoms with van der Waals surface area (Å²) in [5.74, 6) is 0.788. The first kappa shape index (κ1) is 24.0. The molecule has 3 N–H and O–H groups in total. The molecule has 0 fully saturated rings. The Kier molecular flexibility index (Phi) is 9.60. The molecule has 1 amide bonds. The van der Waals surface area contributed by atoms with E-state index in [1.807, 2.05) is 0 Å². The molecule has 0 aliphatic heterocycles. The van der Waals surface area contributed by atoms with Gasteiger partial charge in [0.15, 0.2) is 23.2 Å². The van der Waals surface area contributed by atoms with Crippen molar-refractivity contribution in [2.75, 3.05) is 26.7 Å². The third-order valence-corrected chi connectivity index (χ3v) is 4.24. The summed E-state index contributed by atoms with van der Waals surface area (Å²) in [6.07, 6.45) is 2.12. The van der Waals surface area contributed by atoms with Gasteiger partial charge in [-0.1, -0.05) is 12.1 Å². The lowest BCUT2D eigenvalue weighted by atomic mass is 10.2. The van der Waals surface area contributed by atoms with Gasteiger partial charge in [0, 0.05) is 37.8 Å². The summed E-state index contributed by atoms with van der Waals surface area (Å²) in [7, 11) is 1.60. The highest BCUT2D eigenvalue weighted by Gasteiger charge is 2.16. The van der Waals surface area contributed by atoms with Crippen molar-refractivity contribution >= 4 is 11.9 Å². The number of para-hydroxylation sites is 1. The number of hydrogen-bond donors (Lipinski definition) is 3. The summed E-state index contributed by atoms with van der Waals surface area (Å²) in [5.41, 5.74) is 1.29. The maximum atomic E-state index is 12.8. The zero-order valence-corrected chi connectivity index (χ0v) is 17.8. The van der Waals surface area contributed by atoms with E-state index in [-0.39, 0.29) is 24.0 Å². The van der Waals surface area contributed by atoms with Gasteiger partial charge < -0.3 is 29.8 Å². The quantitative estimate of drug-likeness (QED) is 0.283. The smallest absolute Gasteiger partial charge is 0.387 e. The molecule has 0 saturated heterocycles. The maximum Gasteiger partial charge on any atom is 0.387 e. The summed E-state index contributed by atoms with van der Waals surface area (Å²) in [4.78, 5) is 16.1. The molecule has 8 nitrogen and oxygen atoms in total. The van der Waals surface area contributed by atoms with Crippen molar-refractivity contribution in [3.05, 3.63) is 47.4 Å². The van der Waals surface area contributed by atoms with E-state index in [0.717, 1.165) is 5.56 Å².